The van der Waals surface area contributed by atoms with Gasteiger partial charge in [0.25, 0.3) is 0 Å². The Morgan fingerprint density at radius 3 is 2.52 bits per heavy atom. The molecule has 1 aromatic carbocycles. The standard InChI is InChI=1S/C13H11Cl2NO4S/c1-20-12-3-2-9(4-10(12)14)21(18,19)7-8-5-16-6-11(15)13(8)17/h2-6H,7H2,1H3,(H,16,17). The number of benzene rings is 1. The first-order chi connectivity index (χ1) is 9.85. The van der Waals surface area contributed by atoms with Crippen LogP contribution in [0.4, 0.5) is 0 Å². The highest BCUT2D eigenvalue weighted by Gasteiger charge is 2.19. The molecule has 0 bridgehead atoms. The second-order valence-corrected chi connectivity index (χ2v) is 7.02. The molecular formula is C13H11Cl2NO4S. The lowest BCUT2D eigenvalue weighted by Gasteiger charge is -2.07. The summed E-state index contributed by atoms with van der Waals surface area (Å²) in [5, 5.41) is 0.119. The van der Waals surface area contributed by atoms with Crippen LogP contribution in [0.25, 0.3) is 0 Å². The van der Waals surface area contributed by atoms with Crippen molar-refractivity contribution in [1.82, 2.24) is 4.98 Å². The van der Waals surface area contributed by atoms with Crippen LogP contribution in [0.15, 0.2) is 40.3 Å². The van der Waals surface area contributed by atoms with Crippen molar-refractivity contribution in [3.8, 4) is 5.75 Å². The number of sulfone groups is 1. The number of aromatic amines is 1. The Bertz CT molecular complexity index is 830. The highest BCUT2D eigenvalue weighted by Crippen LogP contribution is 2.28. The van der Waals surface area contributed by atoms with Crippen LogP contribution in [-0.2, 0) is 15.6 Å². The summed E-state index contributed by atoms with van der Waals surface area (Å²) in [4.78, 5) is 14.4. The molecule has 0 atom stereocenters. The van der Waals surface area contributed by atoms with E-state index in [0.29, 0.717) is 5.75 Å². The molecule has 0 spiro atoms. The third-order valence-corrected chi connectivity index (χ3v) is 5.04. The number of H-pyrrole nitrogens is 1. The van der Waals surface area contributed by atoms with Gasteiger partial charge in [0.1, 0.15) is 10.8 Å². The van der Waals surface area contributed by atoms with E-state index in [1.54, 1.807) is 0 Å². The fourth-order valence-corrected chi connectivity index (χ4v) is 3.61. The van der Waals surface area contributed by atoms with Crippen LogP contribution in [0.3, 0.4) is 0 Å². The minimum Gasteiger partial charge on any atom is -0.495 e. The molecule has 0 saturated heterocycles. The maximum Gasteiger partial charge on any atom is 0.204 e. The Morgan fingerprint density at radius 1 is 1.19 bits per heavy atom. The van der Waals surface area contributed by atoms with E-state index in [1.165, 1.54) is 37.7 Å². The van der Waals surface area contributed by atoms with Crippen molar-refractivity contribution in [1.29, 1.82) is 0 Å². The van der Waals surface area contributed by atoms with Crippen molar-refractivity contribution in [2.75, 3.05) is 7.11 Å². The fourth-order valence-electron chi connectivity index (χ4n) is 1.74. The van der Waals surface area contributed by atoms with Gasteiger partial charge in [0, 0.05) is 18.0 Å². The topological polar surface area (TPSA) is 76.2 Å². The van der Waals surface area contributed by atoms with Crippen molar-refractivity contribution in [3.05, 3.63) is 56.4 Å². The summed E-state index contributed by atoms with van der Waals surface area (Å²) < 4.78 is 29.6. The average Bonchev–Trinajstić information content (AvgIpc) is 2.43. The lowest BCUT2D eigenvalue weighted by Crippen LogP contribution is -2.15. The maximum atomic E-state index is 12.3. The molecule has 112 valence electrons. The van der Waals surface area contributed by atoms with Gasteiger partial charge in [-0.1, -0.05) is 23.2 Å². The number of halogens is 2. The van der Waals surface area contributed by atoms with E-state index in [4.69, 9.17) is 27.9 Å². The molecule has 21 heavy (non-hydrogen) atoms. The van der Waals surface area contributed by atoms with E-state index in [1.807, 2.05) is 0 Å². The molecule has 2 rings (SSSR count). The molecule has 5 nitrogen and oxygen atoms in total. The number of aromatic nitrogens is 1. The zero-order valence-electron chi connectivity index (χ0n) is 10.9. The number of rotatable bonds is 4. The van der Waals surface area contributed by atoms with Crippen LogP contribution >= 0.6 is 23.2 Å². The van der Waals surface area contributed by atoms with E-state index in [-0.39, 0.29) is 20.5 Å². The summed E-state index contributed by atoms with van der Waals surface area (Å²) >= 11 is 11.6. The Morgan fingerprint density at radius 2 is 1.90 bits per heavy atom. The zero-order valence-corrected chi connectivity index (χ0v) is 13.2. The van der Waals surface area contributed by atoms with Gasteiger partial charge in [-0.25, -0.2) is 8.42 Å². The highest BCUT2D eigenvalue weighted by atomic mass is 35.5. The summed E-state index contributed by atoms with van der Waals surface area (Å²) in [6, 6.07) is 4.12. The molecule has 0 fully saturated rings. The number of hydrogen-bond donors (Lipinski definition) is 1. The van der Waals surface area contributed by atoms with Crippen LogP contribution in [0.1, 0.15) is 5.56 Å². The average molecular weight is 348 g/mol. The molecule has 1 N–H and O–H groups in total. The Hall–Kier alpha value is -1.50. The molecule has 2 aromatic rings. The SMILES string of the molecule is COc1ccc(S(=O)(=O)Cc2c[nH]cc(Cl)c2=O)cc1Cl. The summed E-state index contributed by atoms with van der Waals surface area (Å²) in [7, 11) is -2.29. The van der Waals surface area contributed by atoms with Gasteiger partial charge in [-0.05, 0) is 18.2 Å². The van der Waals surface area contributed by atoms with Gasteiger partial charge in [-0.2, -0.15) is 0 Å². The van der Waals surface area contributed by atoms with Crippen molar-refractivity contribution >= 4 is 33.0 Å². The van der Waals surface area contributed by atoms with Gasteiger partial charge in [0.05, 0.1) is 22.8 Å². The molecule has 1 aromatic heterocycles. The van der Waals surface area contributed by atoms with Crippen molar-refractivity contribution < 1.29 is 13.2 Å². The normalized spacial score (nSPS) is 11.4. The Kier molecular flexibility index (Phi) is 4.61. The second kappa shape index (κ2) is 6.09. The Balaban J connectivity index is 2.41. The summed E-state index contributed by atoms with van der Waals surface area (Å²) in [5.41, 5.74) is -0.451. The summed E-state index contributed by atoms with van der Waals surface area (Å²) in [5.74, 6) is -0.0952. The van der Waals surface area contributed by atoms with E-state index in [2.05, 4.69) is 4.98 Å². The van der Waals surface area contributed by atoms with Crippen LogP contribution in [0.5, 0.6) is 5.75 Å². The molecule has 0 amide bonds. The van der Waals surface area contributed by atoms with E-state index in [9.17, 15) is 13.2 Å². The van der Waals surface area contributed by atoms with Gasteiger partial charge in [0.2, 0.25) is 5.43 Å². The number of hydrogen-bond acceptors (Lipinski definition) is 4. The van der Waals surface area contributed by atoms with Gasteiger partial charge in [-0.3, -0.25) is 4.79 Å². The largest absolute Gasteiger partial charge is 0.495 e. The quantitative estimate of drug-likeness (QED) is 0.922. The van der Waals surface area contributed by atoms with Crippen LogP contribution < -0.4 is 10.2 Å². The highest BCUT2D eigenvalue weighted by molar-refractivity contribution is 7.90. The van der Waals surface area contributed by atoms with E-state index >= 15 is 0 Å². The van der Waals surface area contributed by atoms with Crippen LogP contribution in [-0.4, -0.2) is 20.5 Å². The second-order valence-electron chi connectivity index (χ2n) is 4.21. The molecule has 0 unspecified atom stereocenters. The predicted molar refractivity (Wildman–Crippen MR) is 81.0 cm³/mol. The molecular weight excluding hydrogens is 337 g/mol. The lowest BCUT2D eigenvalue weighted by molar-refractivity contribution is 0.414. The maximum absolute atomic E-state index is 12.3. The van der Waals surface area contributed by atoms with Crippen molar-refractivity contribution in [3.63, 3.8) is 0 Å². The Labute approximate surface area is 131 Å². The molecule has 0 radical (unpaired) electrons. The lowest BCUT2D eigenvalue weighted by atomic mass is 10.3. The van der Waals surface area contributed by atoms with Crippen molar-refractivity contribution in [2.45, 2.75) is 10.6 Å². The van der Waals surface area contributed by atoms with Gasteiger partial charge < -0.3 is 9.72 Å². The van der Waals surface area contributed by atoms with Gasteiger partial charge in [-0.15, -0.1) is 0 Å². The smallest absolute Gasteiger partial charge is 0.204 e. The molecule has 0 aliphatic heterocycles. The molecule has 1 heterocycles. The zero-order chi connectivity index (χ0) is 15.6. The van der Waals surface area contributed by atoms with Crippen LogP contribution in [0.2, 0.25) is 10.0 Å². The summed E-state index contributed by atoms with van der Waals surface area (Å²) in [6.45, 7) is 0. The molecule has 8 heteroatoms. The van der Waals surface area contributed by atoms with Crippen LogP contribution in [0, 0.1) is 0 Å². The molecule has 0 aliphatic carbocycles. The molecule has 0 saturated carbocycles. The first kappa shape index (κ1) is 15.9. The number of pyridine rings is 1. The predicted octanol–water partition coefficient (Wildman–Crippen LogP) is 2.66. The van der Waals surface area contributed by atoms with Gasteiger partial charge in [0.15, 0.2) is 9.84 Å². The van der Waals surface area contributed by atoms with Gasteiger partial charge >= 0.3 is 0 Å². The molecule has 0 aliphatic rings. The first-order valence-electron chi connectivity index (χ1n) is 5.77. The minimum atomic E-state index is -3.72. The minimum absolute atomic E-state index is 0.00711. The third kappa shape index (κ3) is 3.40. The number of ether oxygens (including phenoxy) is 1. The fraction of sp³-hybridized carbons (Fsp3) is 0.154. The summed E-state index contributed by atoms with van der Waals surface area (Å²) in [6.07, 6.45) is 2.61. The first-order valence-corrected chi connectivity index (χ1v) is 8.18. The van der Waals surface area contributed by atoms with E-state index in [0.717, 1.165) is 0 Å². The van der Waals surface area contributed by atoms with E-state index < -0.39 is 21.0 Å². The monoisotopic (exact) mass is 347 g/mol. The number of nitrogens with one attached hydrogen (secondary N) is 1. The number of methoxy groups -OCH3 is 1. The third-order valence-electron chi connectivity index (χ3n) is 2.80. The van der Waals surface area contributed by atoms with Crippen molar-refractivity contribution in [2.24, 2.45) is 0 Å².